The molecule has 0 amide bonds. The first-order valence-corrected chi connectivity index (χ1v) is 6.56. The summed E-state index contributed by atoms with van der Waals surface area (Å²) in [6.07, 6.45) is 2.03. The van der Waals surface area contributed by atoms with Crippen LogP contribution in [-0.2, 0) is 15.4 Å². The summed E-state index contributed by atoms with van der Waals surface area (Å²) in [5.41, 5.74) is 0. The van der Waals surface area contributed by atoms with Crippen molar-refractivity contribution in [3.05, 3.63) is 11.6 Å². The Labute approximate surface area is 96.0 Å². The Morgan fingerprint density at radius 1 is 1.38 bits per heavy atom. The molecule has 2 heterocycles. The maximum atomic E-state index is 7.88. The zero-order valence-corrected chi connectivity index (χ0v) is 9.57. The van der Waals surface area contributed by atoms with Crippen molar-refractivity contribution in [1.82, 2.24) is 7.46 Å². The van der Waals surface area contributed by atoms with E-state index in [1.807, 2.05) is 26.4 Å². The van der Waals surface area contributed by atoms with E-state index >= 15 is 0 Å². The van der Waals surface area contributed by atoms with Crippen molar-refractivity contribution < 1.29 is 15.4 Å². The molecule has 4 nitrogen and oxygen atoms in total. The quantitative estimate of drug-likeness (QED) is 0.191. The van der Waals surface area contributed by atoms with Crippen LogP contribution in [-0.4, -0.2) is 12.5 Å². The first kappa shape index (κ1) is 11.1. The molecule has 0 N–H and O–H groups in total. The molecule has 1 atom stereocenters. The molecule has 0 aromatic rings. The van der Waals surface area contributed by atoms with Crippen molar-refractivity contribution in [1.29, 1.82) is 10.5 Å². The van der Waals surface area contributed by atoms with E-state index in [1.54, 1.807) is 27.3 Å². The van der Waals surface area contributed by atoms with Crippen LogP contribution in [0.25, 0.3) is 0 Å². The average Bonchev–Trinajstić information content (AvgIpc) is 2.76. The largest absolute Gasteiger partial charge is 0.185 e. The second kappa shape index (κ2) is 6.50. The molecule has 0 aromatic carbocycles. The summed E-state index contributed by atoms with van der Waals surface area (Å²) in [5.74, 6) is 0. The van der Waals surface area contributed by atoms with Crippen LogP contribution in [0.2, 0.25) is 0 Å². The summed E-state index contributed by atoms with van der Waals surface area (Å²) >= 11 is 5.66. The van der Waals surface area contributed by atoms with Crippen LogP contribution in [0.4, 0.5) is 0 Å². The maximum Gasteiger partial charge on any atom is 0.134 e. The smallest absolute Gasteiger partial charge is 0.134 e. The van der Waals surface area contributed by atoms with Crippen molar-refractivity contribution in [3.8, 4) is 10.8 Å². The van der Waals surface area contributed by atoms with Gasteiger partial charge >= 0.3 is 46.4 Å². The van der Waals surface area contributed by atoms with Crippen LogP contribution in [0.5, 0.6) is 0 Å². The van der Waals surface area contributed by atoms with Crippen LogP contribution in [0.15, 0.2) is 11.6 Å². The number of nitriles is 2. The Hall–Kier alpha value is 0.0495. The Bertz CT molecular complexity index is 256. The molecule has 0 bridgehead atoms. The number of hydrogen-bond acceptors (Lipinski definition) is 7. The Kier molecular flexibility index (Phi) is 5.56. The molecule has 1 saturated heterocycles. The van der Waals surface area contributed by atoms with Gasteiger partial charge in [0.15, 0.2) is 0 Å². The summed E-state index contributed by atoms with van der Waals surface area (Å²) < 4.78 is 4.12. The second-order valence-corrected chi connectivity index (χ2v) is 5.46. The van der Waals surface area contributed by atoms with Gasteiger partial charge in [-0.3, -0.25) is 0 Å². The SMILES string of the molecule is C1=C[N]2[Cu][N]2S1.N#CSCSC#N. The summed E-state index contributed by atoms with van der Waals surface area (Å²) in [6, 6.07) is 0. The molecule has 0 radical (unpaired) electrons. The number of hydrazine groups is 1. The zero-order valence-electron chi connectivity index (χ0n) is 6.18. The molecule has 1 unspecified atom stereocenters. The second-order valence-electron chi connectivity index (χ2n) is 1.49. The van der Waals surface area contributed by atoms with Crippen LogP contribution < -0.4 is 0 Å². The Morgan fingerprint density at radius 2 is 2.08 bits per heavy atom. The van der Waals surface area contributed by atoms with Gasteiger partial charge in [-0.2, -0.15) is 10.5 Å². The Morgan fingerprint density at radius 3 is 2.31 bits per heavy atom. The van der Waals surface area contributed by atoms with Gasteiger partial charge in [-0.05, 0) is 23.5 Å². The van der Waals surface area contributed by atoms with Gasteiger partial charge in [-0.25, -0.2) is 0 Å². The first-order valence-electron chi connectivity index (χ1n) is 2.91. The molecule has 1 fully saturated rings. The van der Waals surface area contributed by atoms with E-state index in [1.165, 1.54) is 0 Å². The van der Waals surface area contributed by atoms with E-state index in [0.29, 0.717) is 5.08 Å². The molecule has 2 rings (SSSR count). The number of rotatable bonds is 2. The number of fused-ring (bicyclic) bond motifs is 1. The zero-order chi connectivity index (χ0) is 9.52. The molecule has 8 heteroatoms. The first-order chi connectivity index (χ1) is 6.38. The minimum absolute atomic E-state index is 0.549. The topological polar surface area (TPSA) is 53.6 Å². The van der Waals surface area contributed by atoms with Gasteiger partial charge in [0.1, 0.15) is 10.8 Å². The third-order valence-corrected chi connectivity index (χ3v) is 3.89. The van der Waals surface area contributed by atoms with E-state index in [2.05, 4.69) is 3.43 Å². The molecule has 13 heavy (non-hydrogen) atoms. The molecule has 2 aliphatic rings. The minimum Gasteiger partial charge on any atom is -0.185 e. The molecule has 0 aliphatic carbocycles. The predicted molar refractivity (Wildman–Crippen MR) is 51.7 cm³/mol. The fraction of sp³-hybridized carbons (Fsp3) is 0.200. The molecular formula is C5H4CuN4S3. The van der Waals surface area contributed by atoms with Gasteiger partial charge in [0.25, 0.3) is 0 Å². The molecule has 73 valence electrons. The molecular weight excluding hydrogens is 276 g/mol. The molecule has 0 spiro atoms. The summed E-state index contributed by atoms with van der Waals surface area (Å²) in [7, 11) is 0. The van der Waals surface area contributed by atoms with Crippen molar-refractivity contribution in [3.63, 3.8) is 0 Å². The van der Waals surface area contributed by atoms with E-state index < -0.39 is 0 Å². The number of nitrogens with zero attached hydrogens (tertiary/aromatic N) is 4. The molecule has 2 aliphatic heterocycles. The summed E-state index contributed by atoms with van der Waals surface area (Å²) in [6.45, 7) is 0. The minimum atomic E-state index is 0.549. The van der Waals surface area contributed by atoms with Gasteiger partial charge in [0.2, 0.25) is 0 Å². The molecule has 0 aromatic heterocycles. The predicted octanol–water partition coefficient (Wildman–Crippen LogP) is 1.94. The maximum absolute atomic E-state index is 7.88. The van der Waals surface area contributed by atoms with E-state index in [9.17, 15) is 0 Å². The van der Waals surface area contributed by atoms with Crippen molar-refractivity contribution in [2.24, 2.45) is 0 Å². The number of hydrogen-bond donors (Lipinski definition) is 0. The third kappa shape index (κ3) is 4.72. The van der Waals surface area contributed by atoms with Gasteiger partial charge in [-0.1, -0.05) is 0 Å². The van der Waals surface area contributed by atoms with Gasteiger partial charge in [-0.15, -0.1) is 0 Å². The fourth-order valence-electron chi connectivity index (χ4n) is 0.364. The molecule has 0 saturated carbocycles. The van der Waals surface area contributed by atoms with Gasteiger partial charge < -0.3 is 0 Å². The van der Waals surface area contributed by atoms with Crippen LogP contribution in [0, 0.1) is 21.3 Å². The summed E-state index contributed by atoms with van der Waals surface area (Å²) in [4.78, 5) is 0. The van der Waals surface area contributed by atoms with Gasteiger partial charge in [0, 0.05) is 0 Å². The third-order valence-electron chi connectivity index (χ3n) is 0.786. The van der Waals surface area contributed by atoms with Crippen molar-refractivity contribution in [2.45, 2.75) is 0 Å². The van der Waals surface area contributed by atoms with Crippen LogP contribution >= 0.6 is 35.5 Å². The Balaban J connectivity index is 0.000000130. The van der Waals surface area contributed by atoms with Gasteiger partial charge in [0.05, 0.1) is 5.08 Å². The van der Waals surface area contributed by atoms with Crippen molar-refractivity contribution in [2.75, 3.05) is 5.08 Å². The van der Waals surface area contributed by atoms with E-state index in [4.69, 9.17) is 10.5 Å². The van der Waals surface area contributed by atoms with E-state index in [0.717, 1.165) is 23.5 Å². The standard InChI is InChI=1S/C3H2N2S2.C2H2N2S.Cu/c4-1-6-3-7-2-5;1-2-5-4-3-1;/h3H2;1-2H;/q;-2;+2. The van der Waals surface area contributed by atoms with Crippen LogP contribution in [0.1, 0.15) is 0 Å². The van der Waals surface area contributed by atoms with Crippen molar-refractivity contribution >= 4 is 35.5 Å². The monoisotopic (exact) mass is 279 g/mol. The number of thiocyanates is 2. The normalized spacial score (nSPS) is 21.4. The average molecular weight is 280 g/mol. The van der Waals surface area contributed by atoms with E-state index in [-0.39, 0.29) is 0 Å². The summed E-state index contributed by atoms with van der Waals surface area (Å²) in [5, 5.41) is 22.1. The fourth-order valence-corrected chi connectivity index (χ4v) is 2.50. The number of thioether (sulfide) groups is 2. The van der Waals surface area contributed by atoms with Crippen LogP contribution in [0.3, 0.4) is 0 Å².